The zero-order valence-corrected chi connectivity index (χ0v) is 16.5. The summed E-state index contributed by atoms with van der Waals surface area (Å²) in [5, 5.41) is 9.56. The molecule has 2 aromatic rings. The minimum atomic E-state index is -0.179. The van der Waals surface area contributed by atoms with Crippen molar-refractivity contribution in [1.82, 2.24) is 4.57 Å². The lowest BCUT2D eigenvalue weighted by Crippen LogP contribution is -2.15. The van der Waals surface area contributed by atoms with Crippen LogP contribution in [0.5, 0.6) is 5.75 Å². The van der Waals surface area contributed by atoms with E-state index in [0.29, 0.717) is 18.1 Å². The number of aliphatic hydroxyl groups excluding tert-OH is 1. The third kappa shape index (κ3) is 7.59. The minimum absolute atomic E-state index is 0.134. The molecular weight excluding hydrogens is 338 g/mol. The Bertz CT molecular complexity index is 709. The third-order valence-corrected chi connectivity index (χ3v) is 4.83. The highest BCUT2D eigenvalue weighted by Gasteiger charge is 2.08. The summed E-state index contributed by atoms with van der Waals surface area (Å²) in [7, 11) is 0. The number of hydrogen-bond donors (Lipinski definition) is 1. The third-order valence-electron chi connectivity index (χ3n) is 4.83. The Morgan fingerprint density at radius 2 is 1.63 bits per heavy atom. The number of aryl methyl sites for hydroxylation is 1. The zero-order valence-electron chi connectivity index (χ0n) is 16.5. The molecule has 148 valence electrons. The monoisotopic (exact) mass is 371 g/mol. The summed E-state index contributed by atoms with van der Waals surface area (Å²) in [5.41, 5.74) is 1.50. The second-order valence-electron chi connectivity index (χ2n) is 7.09. The summed E-state index contributed by atoms with van der Waals surface area (Å²) in [5.74, 6) is 0.343. The van der Waals surface area contributed by atoms with Gasteiger partial charge >= 0.3 is 0 Å². The van der Waals surface area contributed by atoms with Crippen LogP contribution in [0.4, 0.5) is 0 Å². The normalized spacial score (nSPS) is 10.9. The number of rotatable bonds is 13. The van der Waals surface area contributed by atoms with Gasteiger partial charge in [0.1, 0.15) is 6.61 Å². The highest BCUT2D eigenvalue weighted by atomic mass is 16.5. The molecular formula is C23H33NO3. The second kappa shape index (κ2) is 12.3. The average Bonchev–Trinajstić information content (AvgIpc) is 2.70. The Hall–Kier alpha value is -2.07. The van der Waals surface area contributed by atoms with Gasteiger partial charge in [-0.25, -0.2) is 0 Å². The van der Waals surface area contributed by atoms with Crippen molar-refractivity contribution in [2.24, 2.45) is 0 Å². The lowest BCUT2D eigenvalue weighted by Gasteiger charge is -2.14. The van der Waals surface area contributed by atoms with Crippen LogP contribution >= 0.6 is 0 Å². The summed E-state index contributed by atoms with van der Waals surface area (Å²) in [6.07, 6.45) is 11.8. The lowest BCUT2D eigenvalue weighted by molar-refractivity contribution is 0.264. The van der Waals surface area contributed by atoms with Gasteiger partial charge in [-0.05, 0) is 12.0 Å². The smallest absolute Gasteiger partial charge is 0.223 e. The molecule has 0 fully saturated rings. The Labute approximate surface area is 162 Å². The molecule has 0 atom stereocenters. The molecule has 1 aromatic heterocycles. The van der Waals surface area contributed by atoms with Gasteiger partial charge in [0.05, 0.1) is 12.8 Å². The van der Waals surface area contributed by atoms with Crippen LogP contribution in [-0.2, 0) is 19.8 Å². The summed E-state index contributed by atoms with van der Waals surface area (Å²) < 4.78 is 7.69. The highest BCUT2D eigenvalue weighted by molar-refractivity contribution is 5.23. The molecule has 1 heterocycles. The molecule has 0 amide bonds. The molecule has 0 aliphatic rings. The van der Waals surface area contributed by atoms with Gasteiger partial charge in [-0.1, -0.05) is 82.2 Å². The number of nitrogens with zero attached hydrogens (tertiary/aromatic N) is 1. The Balaban J connectivity index is 1.86. The maximum Gasteiger partial charge on any atom is 0.223 e. The van der Waals surface area contributed by atoms with E-state index in [1.165, 1.54) is 51.0 Å². The van der Waals surface area contributed by atoms with E-state index in [4.69, 9.17) is 4.74 Å². The predicted octanol–water partition coefficient (Wildman–Crippen LogP) is 5.06. The summed E-state index contributed by atoms with van der Waals surface area (Å²) in [6.45, 7) is 3.27. The largest absolute Gasteiger partial charge is 0.483 e. The SMILES string of the molecule is CCCCCCCCCCn1cc(OCc2ccccc2)c(=O)cc1CO. The predicted molar refractivity (Wildman–Crippen MR) is 110 cm³/mol. The first-order chi connectivity index (χ1) is 13.2. The Morgan fingerprint density at radius 1 is 0.963 bits per heavy atom. The van der Waals surface area contributed by atoms with Crippen LogP contribution in [0, 0.1) is 0 Å². The zero-order chi connectivity index (χ0) is 19.3. The maximum absolute atomic E-state index is 12.2. The quantitative estimate of drug-likeness (QED) is 0.501. The molecule has 0 bridgehead atoms. The molecule has 0 aliphatic carbocycles. The molecule has 1 aromatic carbocycles. The molecule has 4 nitrogen and oxygen atoms in total. The van der Waals surface area contributed by atoms with Gasteiger partial charge in [-0.15, -0.1) is 0 Å². The number of unbranched alkanes of at least 4 members (excludes halogenated alkanes) is 7. The molecule has 0 spiro atoms. The average molecular weight is 372 g/mol. The van der Waals surface area contributed by atoms with Crippen LogP contribution in [0.15, 0.2) is 47.4 Å². The Kier molecular flexibility index (Phi) is 9.70. The van der Waals surface area contributed by atoms with Gasteiger partial charge in [-0.2, -0.15) is 0 Å². The fourth-order valence-electron chi connectivity index (χ4n) is 3.20. The summed E-state index contributed by atoms with van der Waals surface area (Å²) in [4.78, 5) is 12.2. The number of aliphatic hydroxyl groups is 1. The van der Waals surface area contributed by atoms with Gasteiger partial charge in [0.2, 0.25) is 5.43 Å². The summed E-state index contributed by atoms with van der Waals surface area (Å²) in [6, 6.07) is 11.3. The van der Waals surface area contributed by atoms with E-state index in [2.05, 4.69) is 6.92 Å². The number of hydrogen-bond acceptors (Lipinski definition) is 3. The second-order valence-corrected chi connectivity index (χ2v) is 7.09. The van der Waals surface area contributed by atoms with Crippen molar-refractivity contribution in [1.29, 1.82) is 0 Å². The van der Waals surface area contributed by atoms with Crippen molar-refractivity contribution in [3.8, 4) is 5.75 Å². The van der Waals surface area contributed by atoms with Gasteiger partial charge in [0.25, 0.3) is 0 Å². The minimum Gasteiger partial charge on any atom is -0.483 e. The van der Waals surface area contributed by atoms with Crippen LogP contribution in [-0.4, -0.2) is 9.67 Å². The first kappa shape index (κ1) is 21.2. The number of aromatic nitrogens is 1. The molecule has 1 N–H and O–H groups in total. The van der Waals surface area contributed by atoms with Crippen LogP contribution in [0.2, 0.25) is 0 Å². The summed E-state index contributed by atoms with van der Waals surface area (Å²) >= 11 is 0. The van der Waals surface area contributed by atoms with Crippen molar-refractivity contribution in [3.63, 3.8) is 0 Å². The van der Waals surface area contributed by atoms with Crippen LogP contribution < -0.4 is 10.2 Å². The van der Waals surface area contributed by atoms with E-state index in [-0.39, 0.29) is 12.0 Å². The molecule has 4 heteroatoms. The molecule has 0 radical (unpaired) electrons. The van der Waals surface area contributed by atoms with Crippen LogP contribution in [0.25, 0.3) is 0 Å². The first-order valence-electron chi connectivity index (χ1n) is 10.3. The van der Waals surface area contributed by atoms with Crippen molar-refractivity contribution < 1.29 is 9.84 Å². The van der Waals surface area contributed by atoms with Crippen LogP contribution in [0.3, 0.4) is 0 Å². The standard InChI is InChI=1S/C23H33NO3/c1-2-3-4-5-6-7-8-12-15-24-17-23(22(26)16-21(24)18-25)27-19-20-13-10-9-11-14-20/h9-11,13-14,16-17,25H,2-8,12,15,18-19H2,1H3. The van der Waals surface area contributed by atoms with Gasteiger partial charge in [0, 0.05) is 18.3 Å². The van der Waals surface area contributed by atoms with E-state index in [1.54, 1.807) is 6.20 Å². The van der Waals surface area contributed by atoms with Crippen molar-refractivity contribution in [2.75, 3.05) is 0 Å². The Morgan fingerprint density at radius 3 is 2.30 bits per heavy atom. The van der Waals surface area contributed by atoms with Gasteiger partial charge < -0.3 is 14.4 Å². The number of benzene rings is 1. The molecule has 27 heavy (non-hydrogen) atoms. The number of ether oxygens (including phenoxy) is 1. The number of pyridine rings is 1. The highest BCUT2D eigenvalue weighted by Crippen LogP contribution is 2.13. The van der Waals surface area contributed by atoms with E-state index in [9.17, 15) is 9.90 Å². The molecule has 0 unspecified atom stereocenters. The van der Waals surface area contributed by atoms with Gasteiger partial charge in [0.15, 0.2) is 5.75 Å². The van der Waals surface area contributed by atoms with Crippen molar-refractivity contribution >= 4 is 0 Å². The van der Waals surface area contributed by atoms with Gasteiger partial charge in [-0.3, -0.25) is 4.79 Å². The first-order valence-corrected chi connectivity index (χ1v) is 10.3. The fourth-order valence-corrected chi connectivity index (χ4v) is 3.20. The molecule has 2 rings (SSSR count). The van der Waals surface area contributed by atoms with Crippen LogP contribution in [0.1, 0.15) is 69.5 Å². The maximum atomic E-state index is 12.2. The molecule has 0 aliphatic heterocycles. The molecule has 0 saturated carbocycles. The van der Waals surface area contributed by atoms with E-state index in [1.807, 2.05) is 34.9 Å². The van der Waals surface area contributed by atoms with E-state index >= 15 is 0 Å². The lowest BCUT2D eigenvalue weighted by atomic mass is 10.1. The van der Waals surface area contributed by atoms with E-state index in [0.717, 1.165) is 18.5 Å². The van der Waals surface area contributed by atoms with E-state index < -0.39 is 0 Å². The molecule has 0 saturated heterocycles. The fraction of sp³-hybridized carbons (Fsp3) is 0.522. The van der Waals surface area contributed by atoms with Crippen molar-refractivity contribution in [3.05, 3.63) is 64.1 Å². The van der Waals surface area contributed by atoms with Crippen molar-refractivity contribution in [2.45, 2.75) is 78.0 Å². The topological polar surface area (TPSA) is 51.5 Å².